The van der Waals surface area contributed by atoms with E-state index in [0.29, 0.717) is 22.8 Å². The Morgan fingerprint density at radius 1 is 1.39 bits per heavy atom. The fourth-order valence-corrected chi connectivity index (χ4v) is 1.77. The van der Waals surface area contributed by atoms with E-state index < -0.39 is 0 Å². The van der Waals surface area contributed by atoms with Gasteiger partial charge in [-0.25, -0.2) is 4.98 Å². The summed E-state index contributed by atoms with van der Waals surface area (Å²) < 4.78 is 5.54. The number of aromatic nitrogens is 3. The summed E-state index contributed by atoms with van der Waals surface area (Å²) in [7, 11) is 0. The zero-order valence-corrected chi connectivity index (χ0v) is 9.68. The molecule has 0 radical (unpaired) electrons. The Kier molecular flexibility index (Phi) is 2.60. The highest BCUT2D eigenvalue weighted by Gasteiger charge is 2.07. The maximum absolute atomic E-state index is 5.81. The second-order valence-corrected chi connectivity index (χ2v) is 3.97. The number of nitrogens with two attached hydrogens (primary N) is 1. The Labute approximate surface area is 103 Å². The molecule has 4 N–H and O–H groups in total. The summed E-state index contributed by atoms with van der Waals surface area (Å²) in [5.41, 5.74) is 8.89. The molecule has 0 bridgehead atoms. The van der Waals surface area contributed by atoms with Crippen LogP contribution in [-0.2, 0) is 6.42 Å². The van der Waals surface area contributed by atoms with Gasteiger partial charge in [-0.3, -0.25) is 0 Å². The highest BCUT2D eigenvalue weighted by molar-refractivity contribution is 5.86. The number of H-pyrrole nitrogens is 1. The van der Waals surface area contributed by atoms with Crippen molar-refractivity contribution < 1.29 is 4.42 Å². The van der Waals surface area contributed by atoms with E-state index in [9.17, 15) is 0 Å². The zero-order valence-electron chi connectivity index (χ0n) is 9.68. The number of nitrogen functional groups attached to an aromatic ring is 1. The molecule has 3 rings (SSSR count). The number of anilines is 2. The van der Waals surface area contributed by atoms with Gasteiger partial charge in [-0.2, -0.15) is 4.98 Å². The zero-order chi connectivity index (χ0) is 12.4. The number of aromatic amines is 1. The van der Waals surface area contributed by atoms with Crippen LogP contribution in [0.2, 0.25) is 0 Å². The van der Waals surface area contributed by atoms with Gasteiger partial charge in [-0.05, 0) is 12.1 Å². The van der Waals surface area contributed by atoms with Crippen molar-refractivity contribution in [1.29, 1.82) is 0 Å². The third-order valence-corrected chi connectivity index (χ3v) is 2.68. The van der Waals surface area contributed by atoms with Crippen LogP contribution in [0.25, 0.3) is 11.1 Å². The van der Waals surface area contributed by atoms with Gasteiger partial charge in [0.15, 0.2) is 5.58 Å². The normalized spacial score (nSPS) is 10.9. The molecule has 0 aliphatic rings. The van der Waals surface area contributed by atoms with E-state index in [-0.39, 0.29) is 0 Å². The number of hydrogen-bond donors (Lipinski definition) is 3. The van der Waals surface area contributed by atoms with Crippen LogP contribution in [0.3, 0.4) is 0 Å². The van der Waals surface area contributed by atoms with Crippen molar-refractivity contribution in [1.82, 2.24) is 15.0 Å². The molecule has 0 fully saturated rings. The summed E-state index contributed by atoms with van der Waals surface area (Å²) >= 11 is 0. The quantitative estimate of drug-likeness (QED) is 0.607. The summed E-state index contributed by atoms with van der Waals surface area (Å²) in [4.78, 5) is 11.3. The molecule has 2 aromatic heterocycles. The average molecular weight is 243 g/mol. The number of oxazole rings is 1. The lowest BCUT2D eigenvalue weighted by Crippen LogP contribution is -2.05. The first-order valence-corrected chi connectivity index (χ1v) is 5.69. The Morgan fingerprint density at radius 3 is 3.11 bits per heavy atom. The monoisotopic (exact) mass is 243 g/mol. The predicted octanol–water partition coefficient (Wildman–Crippen LogP) is 1.79. The molecule has 6 heteroatoms. The number of rotatable bonds is 4. The molecule has 0 aliphatic heterocycles. The standard InChI is InChI=1S/C12H13N5O/c13-9-2-1-3-10-11(9)17-12(18-10)15-5-4-8-6-14-7-16-8/h1-3,6-7H,4-5,13H2,(H,14,16)(H,15,17). The number of hydrogen-bond acceptors (Lipinski definition) is 5. The lowest BCUT2D eigenvalue weighted by atomic mass is 10.3. The van der Waals surface area contributed by atoms with E-state index >= 15 is 0 Å². The Balaban J connectivity index is 1.69. The van der Waals surface area contributed by atoms with Crippen molar-refractivity contribution in [3.05, 3.63) is 36.4 Å². The molecule has 0 spiro atoms. The van der Waals surface area contributed by atoms with Gasteiger partial charge in [-0.1, -0.05) is 6.07 Å². The minimum Gasteiger partial charge on any atom is -0.423 e. The third-order valence-electron chi connectivity index (χ3n) is 2.68. The minimum atomic E-state index is 0.488. The molecule has 0 saturated heterocycles. The van der Waals surface area contributed by atoms with E-state index in [1.165, 1.54) is 0 Å². The summed E-state index contributed by atoms with van der Waals surface area (Å²) in [5.74, 6) is 0. The van der Waals surface area contributed by atoms with Crippen LogP contribution in [0, 0.1) is 0 Å². The van der Waals surface area contributed by atoms with Crippen molar-refractivity contribution >= 4 is 22.8 Å². The number of nitrogens with zero attached hydrogens (tertiary/aromatic N) is 2. The van der Waals surface area contributed by atoms with Crippen molar-refractivity contribution in [3.8, 4) is 0 Å². The maximum Gasteiger partial charge on any atom is 0.295 e. The van der Waals surface area contributed by atoms with E-state index in [0.717, 1.165) is 18.7 Å². The van der Waals surface area contributed by atoms with Crippen LogP contribution >= 0.6 is 0 Å². The van der Waals surface area contributed by atoms with Crippen LogP contribution in [0.15, 0.2) is 35.1 Å². The van der Waals surface area contributed by atoms with Crippen molar-refractivity contribution in [2.45, 2.75) is 6.42 Å². The molecule has 92 valence electrons. The Bertz CT molecular complexity index is 644. The summed E-state index contributed by atoms with van der Waals surface area (Å²) in [5, 5.41) is 3.12. The minimum absolute atomic E-state index is 0.488. The smallest absolute Gasteiger partial charge is 0.295 e. The largest absolute Gasteiger partial charge is 0.423 e. The Hall–Kier alpha value is -2.50. The molecule has 2 heterocycles. The number of benzene rings is 1. The maximum atomic E-state index is 5.81. The molecule has 18 heavy (non-hydrogen) atoms. The molecular formula is C12H13N5O. The summed E-state index contributed by atoms with van der Waals surface area (Å²) in [6.45, 7) is 0.717. The van der Waals surface area contributed by atoms with Gasteiger partial charge >= 0.3 is 0 Å². The van der Waals surface area contributed by atoms with Gasteiger partial charge in [0.05, 0.1) is 12.0 Å². The van der Waals surface area contributed by atoms with E-state index in [1.807, 2.05) is 12.1 Å². The molecule has 6 nitrogen and oxygen atoms in total. The van der Waals surface area contributed by atoms with Gasteiger partial charge in [-0.15, -0.1) is 0 Å². The first-order chi connectivity index (χ1) is 8.83. The van der Waals surface area contributed by atoms with Crippen LogP contribution in [0.5, 0.6) is 0 Å². The molecule has 3 aromatic rings. The molecule has 0 unspecified atom stereocenters. The predicted molar refractivity (Wildman–Crippen MR) is 69.2 cm³/mol. The third kappa shape index (κ3) is 2.00. The van der Waals surface area contributed by atoms with Gasteiger partial charge in [0.1, 0.15) is 5.52 Å². The van der Waals surface area contributed by atoms with E-state index in [4.69, 9.17) is 10.2 Å². The lowest BCUT2D eigenvalue weighted by Gasteiger charge is -1.98. The van der Waals surface area contributed by atoms with Crippen molar-refractivity contribution in [2.24, 2.45) is 0 Å². The summed E-state index contributed by atoms with van der Waals surface area (Å²) in [6.07, 6.45) is 4.29. The van der Waals surface area contributed by atoms with Crippen molar-refractivity contribution in [2.75, 3.05) is 17.6 Å². The highest BCUT2D eigenvalue weighted by atomic mass is 16.4. The number of nitrogens with one attached hydrogen (secondary N) is 2. The van der Waals surface area contributed by atoms with Gasteiger partial charge < -0.3 is 20.5 Å². The second-order valence-electron chi connectivity index (χ2n) is 3.97. The van der Waals surface area contributed by atoms with Crippen LogP contribution in [-0.4, -0.2) is 21.5 Å². The second kappa shape index (κ2) is 4.40. The molecule has 0 amide bonds. The van der Waals surface area contributed by atoms with Crippen LogP contribution in [0.1, 0.15) is 5.69 Å². The number of imidazole rings is 1. The lowest BCUT2D eigenvalue weighted by molar-refractivity contribution is 0.614. The molecule has 0 aliphatic carbocycles. The van der Waals surface area contributed by atoms with Crippen LogP contribution < -0.4 is 11.1 Å². The fourth-order valence-electron chi connectivity index (χ4n) is 1.77. The topological polar surface area (TPSA) is 92.8 Å². The first kappa shape index (κ1) is 10.6. The van der Waals surface area contributed by atoms with Gasteiger partial charge in [0, 0.05) is 24.9 Å². The number of para-hydroxylation sites is 1. The first-order valence-electron chi connectivity index (χ1n) is 5.69. The highest BCUT2D eigenvalue weighted by Crippen LogP contribution is 2.23. The van der Waals surface area contributed by atoms with Gasteiger partial charge in [0.25, 0.3) is 6.01 Å². The number of fused-ring (bicyclic) bond motifs is 1. The molecule has 0 saturated carbocycles. The SMILES string of the molecule is Nc1cccc2oc(NCCc3cnc[nH]3)nc12. The van der Waals surface area contributed by atoms with Gasteiger partial charge in [0.2, 0.25) is 0 Å². The molecular weight excluding hydrogens is 230 g/mol. The molecule has 0 atom stereocenters. The molecule has 1 aromatic carbocycles. The fraction of sp³-hybridized carbons (Fsp3) is 0.167. The average Bonchev–Trinajstić information content (AvgIpc) is 2.98. The van der Waals surface area contributed by atoms with Crippen LogP contribution in [0.4, 0.5) is 11.7 Å². The van der Waals surface area contributed by atoms with E-state index in [2.05, 4.69) is 20.3 Å². The van der Waals surface area contributed by atoms with E-state index in [1.54, 1.807) is 18.6 Å². The summed E-state index contributed by atoms with van der Waals surface area (Å²) in [6, 6.07) is 5.98. The Morgan fingerprint density at radius 2 is 2.33 bits per heavy atom. The van der Waals surface area contributed by atoms with Crippen molar-refractivity contribution in [3.63, 3.8) is 0 Å².